The van der Waals surface area contributed by atoms with Crippen LogP contribution in [-0.2, 0) is 9.53 Å². The molecule has 1 unspecified atom stereocenters. The first kappa shape index (κ1) is 25.8. The maximum atomic E-state index is 12.5. The number of amides is 2. The van der Waals surface area contributed by atoms with Crippen LogP contribution < -0.4 is 10.2 Å². The van der Waals surface area contributed by atoms with E-state index in [9.17, 15) is 9.59 Å². The number of rotatable bonds is 6. The van der Waals surface area contributed by atoms with Gasteiger partial charge in [-0.25, -0.2) is 15.2 Å². The van der Waals surface area contributed by atoms with Crippen LogP contribution in [0.15, 0.2) is 52.0 Å². The zero-order valence-corrected chi connectivity index (χ0v) is 22.3. The largest absolute Gasteiger partial charge is 0.491 e. The maximum Gasteiger partial charge on any atom is 0.410 e. The number of oxazole rings is 1. The maximum absolute atomic E-state index is 12.5. The summed E-state index contributed by atoms with van der Waals surface area (Å²) in [5.74, 6) is 1.25. The number of fused-ring (bicyclic) bond motifs is 1. The number of likely N-dealkylation sites (tertiary alicyclic amines) is 1. The Morgan fingerprint density at radius 3 is 2.66 bits per heavy atom. The fourth-order valence-electron chi connectivity index (χ4n) is 4.88. The van der Waals surface area contributed by atoms with Gasteiger partial charge in [0.1, 0.15) is 23.5 Å². The average Bonchev–Trinajstić information content (AvgIpc) is 3.53. The third-order valence-electron chi connectivity index (χ3n) is 6.85. The van der Waals surface area contributed by atoms with E-state index in [-0.39, 0.29) is 24.0 Å². The number of carbonyl (C=O) groups is 2. The molecule has 2 aliphatic heterocycles. The van der Waals surface area contributed by atoms with Crippen molar-refractivity contribution >= 4 is 28.8 Å². The van der Waals surface area contributed by atoms with Crippen LogP contribution in [0.5, 0.6) is 5.75 Å². The summed E-state index contributed by atoms with van der Waals surface area (Å²) >= 11 is 0. The van der Waals surface area contributed by atoms with Crippen molar-refractivity contribution in [3.8, 4) is 17.2 Å². The first-order valence-electron chi connectivity index (χ1n) is 13.2. The van der Waals surface area contributed by atoms with Crippen molar-refractivity contribution in [1.29, 1.82) is 0 Å². The van der Waals surface area contributed by atoms with Gasteiger partial charge >= 0.3 is 6.09 Å². The van der Waals surface area contributed by atoms with Crippen LogP contribution in [-0.4, -0.2) is 52.4 Å². The Hall–Kier alpha value is -3.88. The van der Waals surface area contributed by atoms with Gasteiger partial charge in [-0.05, 0) is 76.4 Å². The lowest BCUT2D eigenvalue weighted by atomic mass is 9.90. The predicted octanol–water partition coefficient (Wildman–Crippen LogP) is 5.52. The summed E-state index contributed by atoms with van der Waals surface area (Å²) < 4.78 is 17.6. The summed E-state index contributed by atoms with van der Waals surface area (Å²) in [6.45, 7) is 8.77. The molecule has 3 aromatic rings. The zero-order valence-electron chi connectivity index (χ0n) is 22.3. The molecule has 3 heterocycles. The molecule has 5 rings (SSSR count). The molecule has 2 aliphatic rings. The third kappa shape index (κ3) is 5.66. The number of carbonyl (C=O) groups excluding carboxylic acids is 2. The first-order chi connectivity index (χ1) is 18.2. The molecule has 9 heteroatoms. The minimum Gasteiger partial charge on any atom is -0.491 e. The highest BCUT2D eigenvalue weighted by Gasteiger charge is 2.32. The predicted molar refractivity (Wildman–Crippen MR) is 144 cm³/mol. The summed E-state index contributed by atoms with van der Waals surface area (Å²) in [6.07, 6.45) is 2.81. The standard InChI is InChI=1S/C29H34N4O5/c1-5-18-16-25(34)31-32-26(18)20-10-13-23-24(15-20)37-27(30-23)19-8-11-22(12-9-19)36-17-21-7-6-14-33(21)28(35)38-29(2,3)4/h8-13,15,18,21H,5-7,14,16-17H2,1-4H3,(H,31,34)/t18?,21-/m0/s1. The third-order valence-corrected chi connectivity index (χ3v) is 6.85. The molecule has 2 atom stereocenters. The normalized spacial score (nSPS) is 19.8. The number of nitrogens with zero attached hydrogens (tertiary/aromatic N) is 3. The average molecular weight is 519 g/mol. The molecule has 2 aromatic carbocycles. The lowest BCUT2D eigenvalue weighted by molar-refractivity contribution is -0.122. The zero-order chi connectivity index (χ0) is 26.9. The highest BCUT2D eigenvalue weighted by Crippen LogP contribution is 2.29. The molecule has 0 radical (unpaired) electrons. The van der Waals surface area contributed by atoms with Crippen molar-refractivity contribution in [1.82, 2.24) is 15.3 Å². The fourth-order valence-corrected chi connectivity index (χ4v) is 4.88. The Balaban J connectivity index is 1.25. The minimum absolute atomic E-state index is 0.00911. The molecule has 1 fully saturated rings. The summed E-state index contributed by atoms with van der Waals surface area (Å²) in [7, 11) is 0. The smallest absolute Gasteiger partial charge is 0.410 e. The van der Waals surface area contributed by atoms with Crippen LogP contribution in [0.2, 0.25) is 0 Å². The Morgan fingerprint density at radius 2 is 1.92 bits per heavy atom. The topological polar surface area (TPSA) is 106 Å². The molecule has 0 bridgehead atoms. The molecule has 2 amide bonds. The van der Waals surface area contributed by atoms with E-state index < -0.39 is 5.60 Å². The summed E-state index contributed by atoms with van der Waals surface area (Å²) in [5, 5.41) is 4.30. The van der Waals surface area contributed by atoms with Crippen molar-refractivity contribution in [2.24, 2.45) is 11.0 Å². The number of hydrogen-bond acceptors (Lipinski definition) is 7. The first-order valence-corrected chi connectivity index (χ1v) is 13.2. The molecular formula is C29H34N4O5. The van der Waals surface area contributed by atoms with Gasteiger partial charge in [0.15, 0.2) is 5.58 Å². The number of nitrogens with one attached hydrogen (secondary N) is 1. The van der Waals surface area contributed by atoms with E-state index in [0.29, 0.717) is 36.8 Å². The molecule has 1 saturated heterocycles. The summed E-state index contributed by atoms with van der Waals surface area (Å²) in [6, 6.07) is 13.4. The molecule has 38 heavy (non-hydrogen) atoms. The van der Waals surface area contributed by atoms with Crippen LogP contribution in [0.4, 0.5) is 4.79 Å². The van der Waals surface area contributed by atoms with Crippen LogP contribution >= 0.6 is 0 Å². The van der Waals surface area contributed by atoms with E-state index in [4.69, 9.17) is 13.9 Å². The summed E-state index contributed by atoms with van der Waals surface area (Å²) in [4.78, 5) is 30.7. The number of benzene rings is 2. The highest BCUT2D eigenvalue weighted by molar-refractivity contribution is 6.07. The number of hydrogen-bond donors (Lipinski definition) is 1. The van der Waals surface area contributed by atoms with Crippen molar-refractivity contribution < 1.29 is 23.5 Å². The van der Waals surface area contributed by atoms with Crippen molar-refractivity contribution in [3.63, 3.8) is 0 Å². The SMILES string of the molecule is CCC1CC(=O)NN=C1c1ccc2nc(-c3ccc(OC[C@@H]4CCCN4C(=O)OC(C)(C)C)cc3)oc2c1. The molecule has 200 valence electrons. The number of hydrazone groups is 1. The van der Waals surface area contributed by atoms with Crippen LogP contribution in [0, 0.1) is 5.92 Å². The van der Waals surface area contributed by atoms with Gasteiger partial charge in [0.05, 0.1) is 11.8 Å². The van der Waals surface area contributed by atoms with Gasteiger partial charge in [0.25, 0.3) is 0 Å². The van der Waals surface area contributed by atoms with Crippen LogP contribution in [0.3, 0.4) is 0 Å². The van der Waals surface area contributed by atoms with Crippen molar-refractivity contribution in [2.75, 3.05) is 13.2 Å². The van der Waals surface area contributed by atoms with Gasteiger partial charge in [-0.1, -0.05) is 13.0 Å². The second-order valence-corrected chi connectivity index (χ2v) is 10.8. The number of ether oxygens (including phenoxy) is 2. The second-order valence-electron chi connectivity index (χ2n) is 10.8. The lowest BCUT2D eigenvalue weighted by Crippen LogP contribution is -2.42. The van der Waals surface area contributed by atoms with Crippen molar-refractivity contribution in [2.45, 2.75) is 65.0 Å². The Kier molecular flexibility index (Phi) is 7.10. The molecular weight excluding hydrogens is 484 g/mol. The fraction of sp³-hybridized carbons (Fsp3) is 0.448. The van der Waals surface area contributed by atoms with E-state index >= 15 is 0 Å². The molecule has 1 aromatic heterocycles. The Bertz CT molecular complexity index is 1360. The van der Waals surface area contributed by atoms with E-state index in [2.05, 4.69) is 22.4 Å². The molecule has 0 saturated carbocycles. The van der Waals surface area contributed by atoms with E-state index in [1.54, 1.807) is 4.90 Å². The lowest BCUT2D eigenvalue weighted by Gasteiger charge is -2.28. The van der Waals surface area contributed by atoms with E-state index in [1.165, 1.54) is 0 Å². The Morgan fingerprint density at radius 1 is 1.16 bits per heavy atom. The van der Waals surface area contributed by atoms with Gasteiger partial charge in [-0.15, -0.1) is 0 Å². The second kappa shape index (κ2) is 10.5. The van der Waals surface area contributed by atoms with Gasteiger partial charge in [-0.3, -0.25) is 4.79 Å². The monoisotopic (exact) mass is 518 g/mol. The van der Waals surface area contributed by atoms with E-state index in [0.717, 1.165) is 41.6 Å². The molecule has 9 nitrogen and oxygen atoms in total. The minimum atomic E-state index is -0.521. The van der Waals surface area contributed by atoms with Crippen molar-refractivity contribution in [3.05, 3.63) is 48.0 Å². The van der Waals surface area contributed by atoms with Crippen LogP contribution in [0.25, 0.3) is 22.6 Å². The summed E-state index contributed by atoms with van der Waals surface area (Å²) in [5.41, 5.74) is 6.10. The van der Waals surface area contributed by atoms with Gasteiger partial charge in [0.2, 0.25) is 11.8 Å². The number of aromatic nitrogens is 1. The van der Waals surface area contributed by atoms with Crippen LogP contribution in [0.1, 0.15) is 58.9 Å². The Labute approximate surface area is 222 Å². The van der Waals surface area contributed by atoms with E-state index in [1.807, 2.05) is 63.2 Å². The quantitative estimate of drug-likeness (QED) is 0.460. The van der Waals surface area contributed by atoms with Gasteiger partial charge < -0.3 is 18.8 Å². The molecule has 0 spiro atoms. The molecule has 0 aliphatic carbocycles. The highest BCUT2D eigenvalue weighted by atomic mass is 16.6. The van der Waals surface area contributed by atoms with Gasteiger partial charge in [-0.2, -0.15) is 5.10 Å². The van der Waals surface area contributed by atoms with Gasteiger partial charge in [0, 0.05) is 30.0 Å². The molecule has 1 N–H and O–H groups in total.